The van der Waals surface area contributed by atoms with E-state index >= 15 is 0 Å². The molecule has 4 nitrogen and oxygen atoms in total. The highest BCUT2D eigenvalue weighted by Gasteiger charge is 2.34. The summed E-state index contributed by atoms with van der Waals surface area (Å²) in [6.45, 7) is 0.517. The zero-order valence-electron chi connectivity index (χ0n) is 9.52. The molecule has 2 fully saturated rings. The van der Waals surface area contributed by atoms with E-state index in [-0.39, 0.29) is 18.4 Å². The molecule has 0 saturated carbocycles. The van der Waals surface area contributed by atoms with E-state index in [1.807, 2.05) is 11.8 Å². The minimum Gasteiger partial charge on any atom is -0.469 e. The molecule has 0 N–H and O–H groups in total. The maximum atomic E-state index is 11.1. The van der Waals surface area contributed by atoms with E-state index in [4.69, 9.17) is 9.47 Å². The molecule has 0 aromatic carbocycles. The standard InChI is InChI=1S/C11H18O4S/c1-13-10(12)6-9-7-14-11(15-9)8-2-4-16-5-3-8/h8-9,11H,2-7H2,1H3. The lowest BCUT2D eigenvalue weighted by Crippen LogP contribution is -2.26. The summed E-state index contributed by atoms with van der Waals surface area (Å²) in [5, 5.41) is 0. The van der Waals surface area contributed by atoms with Crippen molar-refractivity contribution in [3.63, 3.8) is 0 Å². The van der Waals surface area contributed by atoms with Crippen molar-refractivity contribution in [2.75, 3.05) is 25.2 Å². The smallest absolute Gasteiger partial charge is 0.308 e. The van der Waals surface area contributed by atoms with Gasteiger partial charge in [0.25, 0.3) is 0 Å². The lowest BCUT2D eigenvalue weighted by Gasteiger charge is -2.25. The quantitative estimate of drug-likeness (QED) is 0.705. The summed E-state index contributed by atoms with van der Waals surface area (Å²) in [5.74, 6) is 2.66. The summed E-state index contributed by atoms with van der Waals surface area (Å²) >= 11 is 1.99. The normalized spacial score (nSPS) is 31.6. The second-order valence-electron chi connectivity index (χ2n) is 4.19. The number of carbonyl (C=O) groups excluding carboxylic acids is 1. The highest BCUT2D eigenvalue weighted by molar-refractivity contribution is 7.99. The summed E-state index contributed by atoms with van der Waals surface area (Å²) < 4.78 is 16.0. The fraction of sp³-hybridized carbons (Fsp3) is 0.909. The Hall–Kier alpha value is -0.260. The lowest BCUT2D eigenvalue weighted by atomic mass is 10.0. The molecule has 2 atom stereocenters. The molecule has 2 aliphatic rings. The minimum absolute atomic E-state index is 0.101. The molecule has 5 heteroatoms. The van der Waals surface area contributed by atoms with Crippen molar-refractivity contribution in [3.8, 4) is 0 Å². The van der Waals surface area contributed by atoms with Crippen LogP contribution in [0.2, 0.25) is 0 Å². The first-order valence-corrected chi connectivity index (χ1v) is 6.86. The van der Waals surface area contributed by atoms with Gasteiger partial charge in [0.15, 0.2) is 6.29 Å². The molecule has 0 aromatic rings. The Morgan fingerprint density at radius 3 is 2.88 bits per heavy atom. The fourth-order valence-electron chi connectivity index (χ4n) is 2.08. The Kier molecular flexibility index (Phi) is 4.49. The second-order valence-corrected chi connectivity index (χ2v) is 5.41. The first kappa shape index (κ1) is 12.2. The van der Waals surface area contributed by atoms with Crippen LogP contribution in [0, 0.1) is 5.92 Å². The van der Waals surface area contributed by atoms with E-state index in [9.17, 15) is 4.79 Å². The van der Waals surface area contributed by atoms with Gasteiger partial charge in [-0.25, -0.2) is 0 Å². The summed E-state index contributed by atoms with van der Waals surface area (Å²) in [6.07, 6.45) is 2.39. The van der Waals surface area contributed by atoms with Gasteiger partial charge in [-0.3, -0.25) is 4.79 Å². The van der Waals surface area contributed by atoms with E-state index in [1.54, 1.807) is 0 Å². The number of hydrogen-bond acceptors (Lipinski definition) is 5. The van der Waals surface area contributed by atoms with Gasteiger partial charge in [-0.05, 0) is 24.3 Å². The third-order valence-corrected chi connectivity index (χ3v) is 4.09. The van der Waals surface area contributed by atoms with Crippen LogP contribution in [0.3, 0.4) is 0 Å². The minimum atomic E-state index is -0.228. The molecule has 92 valence electrons. The first-order valence-electron chi connectivity index (χ1n) is 5.71. The predicted molar refractivity (Wildman–Crippen MR) is 61.3 cm³/mol. The van der Waals surface area contributed by atoms with E-state index in [0.717, 1.165) is 12.8 Å². The van der Waals surface area contributed by atoms with E-state index in [0.29, 0.717) is 18.9 Å². The van der Waals surface area contributed by atoms with Crippen LogP contribution in [-0.4, -0.2) is 43.6 Å². The van der Waals surface area contributed by atoms with E-state index < -0.39 is 0 Å². The zero-order chi connectivity index (χ0) is 11.4. The summed E-state index contributed by atoms with van der Waals surface area (Å²) in [6, 6.07) is 0. The van der Waals surface area contributed by atoms with Crippen LogP contribution in [0.1, 0.15) is 19.3 Å². The van der Waals surface area contributed by atoms with Gasteiger partial charge in [0.1, 0.15) is 0 Å². The van der Waals surface area contributed by atoms with E-state index in [1.165, 1.54) is 18.6 Å². The molecule has 0 spiro atoms. The Morgan fingerprint density at radius 1 is 1.44 bits per heavy atom. The molecule has 2 heterocycles. The molecule has 2 saturated heterocycles. The number of carbonyl (C=O) groups is 1. The summed E-state index contributed by atoms with van der Waals surface area (Å²) in [7, 11) is 1.40. The predicted octanol–water partition coefficient (Wildman–Crippen LogP) is 1.43. The van der Waals surface area contributed by atoms with Crippen molar-refractivity contribution in [2.24, 2.45) is 5.92 Å². The topological polar surface area (TPSA) is 44.8 Å². The number of esters is 1. The van der Waals surface area contributed by atoms with E-state index in [2.05, 4.69) is 4.74 Å². The average Bonchev–Trinajstić information content (AvgIpc) is 2.78. The molecule has 2 rings (SSSR count). The average molecular weight is 246 g/mol. The van der Waals surface area contributed by atoms with Gasteiger partial charge in [-0.15, -0.1) is 0 Å². The van der Waals surface area contributed by atoms with Gasteiger partial charge in [0, 0.05) is 5.92 Å². The van der Waals surface area contributed by atoms with Crippen LogP contribution in [0.15, 0.2) is 0 Å². The van der Waals surface area contributed by atoms with Gasteiger partial charge < -0.3 is 14.2 Å². The van der Waals surface area contributed by atoms with Crippen LogP contribution in [0.4, 0.5) is 0 Å². The van der Waals surface area contributed by atoms with Crippen LogP contribution in [-0.2, 0) is 19.0 Å². The third kappa shape index (κ3) is 3.12. The summed E-state index contributed by atoms with van der Waals surface area (Å²) in [5.41, 5.74) is 0. The zero-order valence-corrected chi connectivity index (χ0v) is 10.3. The fourth-order valence-corrected chi connectivity index (χ4v) is 3.22. The maximum absolute atomic E-state index is 11.1. The Labute approximate surface area is 100 Å². The highest BCUT2D eigenvalue weighted by Crippen LogP contribution is 2.31. The molecule has 0 aromatic heterocycles. The Balaban J connectivity index is 1.76. The van der Waals surface area contributed by atoms with Crippen molar-refractivity contribution in [2.45, 2.75) is 31.7 Å². The van der Waals surface area contributed by atoms with Crippen molar-refractivity contribution >= 4 is 17.7 Å². The van der Waals surface area contributed by atoms with Crippen molar-refractivity contribution in [1.29, 1.82) is 0 Å². The largest absolute Gasteiger partial charge is 0.469 e. The highest BCUT2D eigenvalue weighted by atomic mass is 32.2. The van der Waals surface area contributed by atoms with Crippen molar-refractivity contribution in [1.82, 2.24) is 0 Å². The molecule has 0 radical (unpaired) electrons. The summed E-state index contributed by atoms with van der Waals surface area (Å²) in [4.78, 5) is 11.1. The molecule has 0 amide bonds. The molecule has 16 heavy (non-hydrogen) atoms. The molecule has 2 aliphatic heterocycles. The van der Waals surface area contributed by atoms with Crippen LogP contribution < -0.4 is 0 Å². The third-order valence-electron chi connectivity index (χ3n) is 3.05. The molecule has 0 bridgehead atoms. The monoisotopic (exact) mass is 246 g/mol. The van der Waals surface area contributed by atoms with Gasteiger partial charge in [0.2, 0.25) is 0 Å². The SMILES string of the molecule is COC(=O)CC1COC(C2CCSCC2)O1. The molecule has 0 aliphatic carbocycles. The maximum Gasteiger partial charge on any atom is 0.308 e. The number of ether oxygens (including phenoxy) is 3. The van der Waals surface area contributed by atoms with Crippen molar-refractivity contribution in [3.05, 3.63) is 0 Å². The van der Waals surface area contributed by atoms with Gasteiger partial charge in [-0.2, -0.15) is 11.8 Å². The first-order chi connectivity index (χ1) is 7.79. The number of thioether (sulfide) groups is 1. The number of methoxy groups -OCH3 is 1. The van der Waals surface area contributed by atoms with Gasteiger partial charge >= 0.3 is 5.97 Å². The van der Waals surface area contributed by atoms with Crippen LogP contribution in [0.5, 0.6) is 0 Å². The van der Waals surface area contributed by atoms with Gasteiger partial charge in [0.05, 0.1) is 26.2 Å². The van der Waals surface area contributed by atoms with Crippen LogP contribution >= 0.6 is 11.8 Å². The number of hydrogen-bond donors (Lipinski definition) is 0. The Morgan fingerprint density at radius 2 is 2.19 bits per heavy atom. The van der Waals surface area contributed by atoms with Crippen LogP contribution in [0.25, 0.3) is 0 Å². The Bertz CT molecular complexity index is 240. The number of rotatable bonds is 3. The molecule has 2 unspecified atom stereocenters. The van der Waals surface area contributed by atoms with Gasteiger partial charge in [-0.1, -0.05) is 0 Å². The molecular formula is C11H18O4S. The van der Waals surface area contributed by atoms with Crippen molar-refractivity contribution < 1.29 is 19.0 Å². The lowest BCUT2D eigenvalue weighted by molar-refractivity contribution is -0.145. The second kappa shape index (κ2) is 5.89. The molecular weight excluding hydrogens is 228 g/mol.